The van der Waals surface area contributed by atoms with E-state index >= 15 is 0 Å². The van der Waals surface area contributed by atoms with Crippen molar-refractivity contribution in [2.24, 2.45) is 0 Å². The second kappa shape index (κ2) is 7.13. The van der Waals surface area contributed by atoms with Gasteiger partial charge in [-0.2, -0.15) is 10.2 Å². The summed E-state index contributed by atoms with van der Waals surface area (Å²) in [5.74, 6) is 0.182. The number of piperidine rings is 1. The van der Waals surface area contributed by atoms with Crippen molar-refractivity contribution in [2.75, 3.05) is 25.9 Å². The Kier molecular flexibility index (Phi) is 4.44. The van der Waals surface area contributed by atoms with Gasteiger partial charge in [-0.15, -0.1) is 0 Å². The van der Waals surface area contributed by atoms with Gasteiger partial charge in [0.1, 0.15) is 0 Å². The molecule has 0 unspecified atom stereocenters. The molecule has 0 saturated carbocycles. The highest BCUT2D eigenvalue weighted by Gasteiger charge is 2.19. The lowest BCUT2D eigenvalue weighted by Crippen LogP contribution is -2.31. The summed E-state index contributed by atoms with van der Waals surface area (Å²) >= 11 is 6.27. The fraction of sp³-hybridized carbons (Fsp3) is 0.300. The molecule has 0 spiro atoms. The number of halogens is 1. The van der Waals surface area contributed by atoms with Crippen LogP contribution in [0.1, 0.15) is 18.9 Å². The summed E-state index contributed by atoms with van der Waals surface area (Å²) in [5.41, 5.74) is 10.2. The van der Waals surface area contributed by atoms with Crippen molar-refractivity contribution in [1.29, 1.82) is 0 Å². The maximum absolute atomic E-state index is 6.27. The first-order valence-electron chi connectivity index (χ1n) is 9.57. The van der Waals surface area contributed by atoms with Crippen molar-refractivity contribution < 1.29 is 0 Å². The highest BCUT2D eigenvalue weighted by Crippen LogP contribution is 2.31. The normalized spacial score (nSPS) is 15.9. The van der Waals surface area contributed by atoms with E-state index in [4.69, 9.17) is 17.3 Å². The van der Waals surface area contributed by atoms with Crippen LogP contribution >= 0.6 is 11.6 Å². The molecule has 1 aliphatic rings. The van der Waals surface area contributed by atoms with E-state index in [0.29, 0.717) is 16.8 Å². The van der Waals surface area contributed by atoms with Gasteiger partial charge in [0.25, 0.3) is 0 Å². The zero-order chi connectivity index (χ0) is 20.0. The third-order valence-corrected chi connectivity index (χ3v) is 5.81. The molecule has 0 aliphatic carbocycles. The summed E-state index contributed by atoms with van der Waals surface area (Å²) in [4.78, 5) is 10.6. The summed E-state index contributed by atoms with van der Waals surface area (Å²) in [6.45, 7) is 2.22. The summed E-state index contributed by atoms with van der Waals surface area (Å²) in [6, 6.07) is 4.54. The fourth-order valence-electron chi connectivity index (χ4n) is 3.85. The van der Waals surface area contributed by atoms with Crippen LogP contribution in [0.3, 0.4) is 0 Å². The van der Waals surface area contributed by atoms with Crippen LogP contribution in [0.15, 0.2) is 43.1 Å². The van der Waals surface area contributed by atoms with Crippen molar-refractivity contribution >= 4 is 23.1 Å². The Morgan fingerprint density at radius 3 is 2.69 bits per heavy atom. The summed E-state index contributed by atoms with van der Waals surface area (Å²) in [6.07, 6.45) is 11.6. The summed E-state index contributed by atoms with van der Waals surface area (Å²) in [5, 5.41) is 9.54. The predicted molar refractivity (Wildman–Crippen MR) is 113 cm³/mol. The van der Waals surface area contributed by atoms with Crippen molar-refractivity contribution in [2.45, 2.75) is 18.9 Å². The van der Waals surface area contributed by atoms with Gasteiger partial charge in [0.2, 0.25) is 5.95 Å². The summed E-state index contributed by atoms with van der Waals surface area (Å²) in [7, 11) is 2.17. The number of hydrogen-bond donors (Lipinski definition) is 1. The maximum Gasteiger partial charge on any atom is 0.220 e. The average Bonchev–Trinajstić information content (AvgIpc) is 3.37. The van der Waals surface area contributed by atoms with E-state index in [1.165, 1.54) is 6.20 Å². The topological polar surface area (TPSA) is 90.2 Å². The number of rotatable bonds is 3. The van der Waals surface area contributed by atoms with Crippen LogP contribution in [0.5, 0.6) is 0 Å². The third-order valence-electron chi connectivity index (χ3n) is 5.53. The minimum absolute atomic E-state index is 0.182. The Bertz CT molecular complexity index is 1170. The highest BCUT2D eigenvalue weighted by atomic mass is 35.5. The van der Waals surface area contributed by atoms with Gasteiger partial charge in [0, 0.05) is 29.1 Å². The minimum Gasteiger partial charge on any atom is -0.368 e. The van der Waals surface area contributed by atoms with Crippen LogP contribution in [0.4, 0.5) is 5.95 Å². The molecular weight excluding hydrogens is 388 g/mol. The number of anilines is 1. The molecule has 0 aromatic carbocycles. The summed E-state index contributed by atoms with van der Waals surface area (Å²) < 4.78 is 3.93. The Morgan fingerprint density at radius 2 is 1.86 bits per heavy atom. The SMILES string of the molecule is CN1CCC(n2cc(-c3ccc4c(-c5nc(N)ncc5Cl)cnn4c3)cn2)CC1. The first-order chi connectivity index (χ1) is 14.1. The van der Waals surface area contributed by atoms with Crippen LogP contribution in [-0.4, -0.2) is 54.4 Å². The quantitative estimate of drug-likeness (QED) is 0.560. The van der Waals surface area contributed by atoms with E-state index < -0.39 is 0 Å². The van der Waals surface area contributed by atoms with E-state index in [-0.39, 0.29) is 5.95 Å². The van der Waals surface area contributed by atoms with Crippen LogP contribution in [0.2, 0.25) is 5.02 Å². The number of aromatic nitrogens is 6. The Morgan fingerprint density at radius 1 is 1.03 bits per heavy atom. The molecule has 148 valence electrons. The van der Waals surface area contributed by atoms with Crippen molar-refractivity contribution in [1.82, 2.24) is 34.3 Å². The molecule has 2 N–H and O–H groups in total. The van der Waals surface area contributed by atoms with E-state index in [1.54, 1.807) is 6.20 Å². The fourth-order valence-corrected chi connectivity index (χ4v) is 4.05. The van der Waals surface area contributed by atoms with Crippen LogP contribution in [0, 0.1) is 0 Å². The molecule has 9 heteroatoms. The zero-order valence-corrected chi connectivity index (χ0v) is 16.8. The van der Waals surface area contributed by atoms with Gasteiger partial charge in [0.05, 0.1) is 40.9 Å². The molecule has 0 radical (unpaired) electrons. The highest BCUT2D eigenvalue weighted by molar-refractivity contribution is 6.33. The third kappa shape index (κ3) is 3.34. The van der Waals surface area contributed by atoms with Crippen LogP contribution in [-0.2, 0) is 0 Å². The number of hydrogen-bond acceptors (Lipinski definition) is 6. The van der Waals surface area contributed by atoms with Gasteiger partial charge in [-0.1, -0.05) is 17.7 Å². The van der Waals surface area contributed by atoms with Crippen LogP contribution in [0.25, 0.3) is 27.9 Å². The Labute approximate surface area is 172 Å². The van der Waals surface area contributed by atoms with Crippen LogP contribution < -0.4 is 5.73 Å². The van der Waals surface area contributed by atoms with Gasteiger partial charge < -0.3 is 10.6 Å². The number of likely N-dealkylation sites (tertiary alicyclic amines) is 1. The average molecular weight is 409 g/mol. The second-order valence-electron chi connectivity index (χ2n) is 7.47. The van der Waals surface area contributed by atoms with Gasteiger partial charge in [0.15, 0.2) is 0 Å². The van der Waals surface area contributed by atoms with Crippen molar-refractivity contribution in [3.63, 3.8) is 0 Å². The lowest BCUT2D eigenvalue weighted by molar-refractivity contribution is 0.212. The predicted octanol–water partition coefficient (Wildman–Crippen LogP) is 3.16. The maximum atomic E-state index is 6.27. The number of nitrogens with two attached hydrogens (primary N) is 1. The lowest BCUT2D eigenvalue weighted by Gasteiger charge is -2.28. The largest absolute Gasteiger partial charge is 0.368 e. The standard InChI is InChI=1S/C20H21ClN8/c1-27-6-4-15(5-7-27)28-12-14(8-24-28)13-2-3-18-16(9-25-29(18)11-13)19-17(21)10-23-20(22)26-19/h2-3,8-12,15H,4-7H2,1H3,(H2,22,23,26). The van der Waals surface area contributed by atoms with Crippen molar-refractivity contribution in [3.05, 3.63) is 48.1 Å². The molecule has 1 aliphatic heterocycles. The van der Waals surface area contributed by atoms with E-state index in [2.05, 4.69) is 49.1 Å². The van der Waals surface area contributed by atoms with E-state index in [1.807, 2.05) is 23.0 Å². The molecule has 4 aromatic heterocycles. The number of nitrogen functional groups attached to an aromatic ring is 1. The monoisotopic (exact) mass is 408 g/mol. The number of pyridine rings is 1. The van der Waals surface area contributed by atoms with Gasteiger partial charge in [-0.3, -0.25) is 4.68 Å². The first-order valence-corrected chi connectivity index (χ1v) is 9.95. The molecule has 8 nitrogen and oxygen atoms in total. The van der Waals surface area contributed by atoms with Gasteiger partial charge in [-0.05, 0) is 39.0 Å². The molecule has 29 heavy (non-hydrogen) atoms. The first kappa shape index (κ1) is 18.1. The van der Waals surface area contributed by atoms with E-state index in [9.17, 15) is 0 Å². The number of nitrogens with zero attached hydrogens (tertiary/aromatic N) is 7. The molecule has 0 amide bonds. The molecular formula is C20H21ClN8. The zero-order valence-electron chi connectivity index (χ0n) is 16.0. The Balaban J connectivity index is 1.46. The van der Waals surface area contributed by atoms with Gasteiger partial charge >= 0.3 is 0 Å². The molecule has 0 atom stereocenters. The van der Waals surface area contributed by atoms with E-state index in [0.717, 1.165) is 48.1 Å². The molecule has 5 heterocycles. The van der Waals surface area contributed by atoms with Gasteiger partial charge in [-0.25, -0.2) is 14.5 Å². The lowest BCUT2D eigenvalue weighted by atomic mass is 10.1. The second-order valence-corrected chi connectivity index (χ2v) is 7.88. The molecule has 1 fully saturated rings. The number of fused-ring (bicyclic) bond motifs is 1. The molecule has 1 saturated heterocycles. The minimum atomic E-state index is 0.182. The molecule has 0 bridgehead atoms. The molecule has 4 aromatic rings. The molecule has 5 rings (SSSR count). The van der Waals surface area contributed by atoms with Crippen molar-refractivity contribution in [3.8, 4) is 22.4 Å². The Hall–Kier alpha value is -2.97. The smallest absolute Gasteiger partial charge is 0.220 e.